The molecule has 108 valence electrons. The van der Waals surface area contributed by atoms with Crippen molar-refractivity contribution in [3.63, 3.8) is 0 Å². The summed E-state index contributed by atoms with van der Waals surface area (Å²) in [6.07, 6.45) is 3.38. The molecule has 0 fully saturated rings. The van der Waals surface area contributed by atoms with Gasteiger partial charge in [0.25, 0.3) is 0 Å². The van der Waals surface area contributed by atoms with Crippen LogP contribution in [0.4, 0.5) is 11.6 Å². The maximum absolute atomic E-state index is 5.62. The highest BCUT2D eigenvalue weighted by molar-refractivity contribution is 5.34. The maximum Gasteiger partial charge on any atom is 0.229 e. The Morgan fingerprint density at radius 3 is 2.45 bits per heavy atom. The third-order valence-corrected chi connectivity index (χ3v) is 2.59. The number of hydrogen-bond donors (Lipinski definition) is 2. The van der Waals surface area contributed by atoms with Gasteiger partial charge in [0.05, 0.1) is 38.7 Å². The quantitative estimate of drug-likeness (QED) is 0.805. The minimum Gasteiger partial charge on any atom is -0.481 e. The van der Waals surface area contributed by atoms with Crippen molar-refractivity contribution in [2.24, 2.45) is 0 Å². The van der Waals surface area contributed by atoms with Crippen LogP contribution in [-0.2, 0) is 6.54 Å². The van der Waals surface area contributed by atoms with Gasteiger partial charge in [-0.15, -0.1) is 0 Å². The fourth-order valence-corrected chi connectivity index (χ4v) is 1.70. The predicted octanol–water partition coefficient (Wildman–Crippen LogP) is 0.773. The molecule has 2 heterocycles. The second kappa shape index (κ2) is 6.09. The second-order valence-electron chi connectivity index (χ2n) is 4.32. The first kappa shape index (κ1) is 13.9. The molecule has 3 N–H and O–H groups in total. The lowest BCUT2D eigenvalue weighted by Crippen LogP contribution is -2.23. The molecule has 2 aromatic heterocycles. The molecule has 0 unspecified atom stereocenters. The van der Waals surface area contributed by atoms with Crippen LogP contribution in [0, 0.1) is 0 Å². The lowest BCUT2D eigenvalue weighted by molar-refractivity contribution is 0.372. The van der Waals surface area contributed by atoms with Gasteiger partial charge in [-0.25, -0.2) is 0 Å². The second-order valence-corrected chi connectivity index (χ2v) is 4.32. The number of nitrogens with one attached hydrogen (secondary N) is 1. The number of anilines is 2. The molecule has 0 saturated carbocycles. The van der Waals surface area contributed by atoms with E-state index in [0.29, 0.717) is 29.9 Å². The van der Waals surface area contributed by atoms with E-state index in [1.165, 1.54) is 0 Å². The Kier molecular flexibility index (Phi) is 4.24. The van der Waals surface area contributed by atoms with Crippen molar-refractivity contribution < 1.29 is 9.47 Å². The fourth-order valence-electron chi connectivity index (χ4n) is 1.70. The van der Waals surface area contributed by atoms with E-state index in [1.807, 2.05) is 6.92 Å². The molecule has 8 heteroatoms. The molecule has 0 aliphatic carbocycles. The lowest BCUT2D eigenvalue weighted by atomic mass is 10.3. The molecular formula is C12H18N6O2. The van der Waals surface area contributed by atoms with Gasteiger partial charge in [0.2, 0.25) is 17.7 Å². The Hall–Kier alpha value is -2.51. The molecule has 20 heavy (non-hydrogen) atoms. The third-order valence-electron chi connectivity index (χ3n) is 2.59. The molecule has 0 bridgehead atoms. The fraction of sp³-hybridized carbons (Fsp3) is 0.417. The minimum absolute atomic E-state index is 0.0612. The summed E-state index contributed by atoms with van der Waals surface area (Å²) in [7, 11) is 3.09. The van der Waals surface area contributed by atoms with Crippen LogP contribution in [0.25, 0.3) is 0 Å². The molecule has 0 aromatic carbocycles. The van der Waals surface area contributed by atoms with Crippen molar-refractivity contribution in [1.82, 2.24) is 19.7 Å². The molecule has 0 aliphatic rings. The first-order valence-electron chi connectivity index (χ1n) is 6.12. The number of methoxy groups -OCH3 is 2. The van der Waals surface area contributed by atoms with Gasteiger partial charge in [-0.2, -0.15) is 15.1 Å². The number of nitrogen functional groups attached to an aromatic ring is 1. The summed E-state index contributed by atoms with van der Waals surface area (Å²) in [5, 5.41) is 7.29. The van der Waals surface area contributed by atoms with E-state index in [4.69, 9.17) is 15.2 Å². The van der Waals surface area contributed by atoms with Crippen molar-refractivity contribution in [3.05, 3.63) is 18.5 Å². The monoisotopic (exact) mass is 278 g/mol. The molecule has 0 aliphatic heterocycles. The van der Waals surface area contributed by atoms with Crippen LogP contribution in [-0.4, -0.2) is 40.0 Å². The van der Waals surface area contributed by atoms with Crippen molar-refractivity contribution >= 4 is 11.6 Å². The average Bonchev–Trinajstić information content (AvgIpc) is 2.83. The van der Waals surface area contributed by atoms with Crippen LogP contribution in [0.1, 0.15) is 6.92 Å². The van der Waals surface area contributed by atoms with Crippen LogP contribution in [0.15, 0.2) is 18.5 Å². The Labute approximate surface area is 116 Å². The Morgan fingerprint density at radius 1 is 1.30 bits per heavy atom. The summed E-state index contributed by atoms with van der Waals surface area (Å²) in [5.41, 5.74) is 6.26. The topological polar surface area (TPSA) is 100 Å². The van der Waals surface area contributed by atoms with Gasteiger partial charge in [0, 0.05) is 12.2 Å². The summed E-state index contributed by atoms with van der Waals surface area (Å²) < 4.78 is 11.9. The highest BCUT2D eigenvalue weighted by atomic mass is 16.5. The van der Waals surface area contributed by atoms with E-state index < -0.39 is 0 Å². The molecule has 0 amide bonds. The van der Waals surface area contributed by atoms with E-state index >= 15 is 0 Å². The molecular weight excluding hydrogens is 260 g/mol. The van der Waals surface area contributed by atoms with Crippen LogP contribution in [0.5, 0.6) is 11.8 Å². The molecule has 2 rings (SSSR count). The van der Waals surface area contributed by atoms with Crippen LogP contribution in [0.3, 0.4) is 0 Å². The number of nitrogens with zero attached hydrogens (tertiary/aromatic N) is 4. The first-order chi connectivity index (χ1) is 9.60. The Balaban J connectivity index is 2.04. The van der Waals surface area contributed by atoms with E-state index in [-0.39, 0.29) is 6.04 Å². The summed E-state index contributed by atoms with van der Waals surface area (Å²) in [5.74, 6) is 1.32. The van der Waals surface area contributed by atoms with Crippen molar-refractivity contribution in [2.75, 3.05) is 25.3 Å². The number of rotatable bonds is 6. The normalized spacial score (nSPS) is 11.9. The Morgan fingerprint density at radius 2 is 1.95 bits per heavy atom. The van der Waals surface area contributed by atoms with Crippen molar-refractivity contribution in [3.8, 4) is 11.8 Å². The van der Waals surface area contributed by atoms with Gasteiger partial charge in [-0.05, 0) is 6.92 Å². The van der Waals surface area contributed by atoms with E-state index in [9.17, 15) is 0 Å². The standard InChI is InChI=1S/C12H18N6O2/c1-8(6-18-7-9(13)5-14-18)15-12-16-10(19-2)4-11(17-12)20-3/h4-5,7-8H,6,13H2,1-3H3,(H,15,16,17)/t8-/m0/s1. The number of aromatic nitrogens is 4. The SMILES string of the molecule is COc1cc(OC)nc(N[C@@H](C)Cn2cc(N)cn2)n1. The van der Waals surface area contributed by atoms with E-state index in [2.05, 4.69) is 20.4 Å². The predicted molar refractivity (Wildman–Crippen MR) is 74.9 cm³/mol. The number of ether oxygens (including phenoxy) is 2. The maximum atomic E-state index is 5.62. The van der Waals surface area contributed by atoms with Crippen molar-refractivity contribution in [1.29, 1.82) is 0 Å². The van der Waals surface area contributed by atoms with Gasteiger partial charge < -0.3 is 20.5 Å². The summed E-state index contributed by atoms with van der Waals surface area (Å²) in [4.78, 5) is 8.42. The van der Waals surface area contributed by atoms with Crippen molar-refractivity contribution in [2.45, 2.75) is 19.5 Å². The molecule has 8 nitrogen and oxygen atoms in total. The first-order valence-corrected chi connectivity index (χ1v) is 6.12. The van der Waals surface area contributed by atoms with E-state index in [1.54, 1.807) is 37.4 Å². The smallest absolute Gasteiger partial charge is 0.229 e. The average molecular weight is 278 g/mol. The highest BCUT2D eigenvalue weighted by Crippen LogP contribution is 2.17. The van der Waals surface area contributed by atoms with Gasteiger partial charge in [0.15, 0.2) is 0 Å². The largest absolute Gasteiger partial charge is 0.481 e. The zero-order chi connectivity index (χ0) is 14.5. The number of nitrogens with two attached hydrogens (primary N) is 1. The zero-order valence-corrected chi connectivity index (χ0v) is 11.7. The van der Waals surface area contributed by atoms with Crippen LogP contribution < -0.4 is 20.5 Å². The van der Waals surface area contributed by atoms with Crippen LogP contribution in [0.2, 0.25) is 0 Å². The van der Waals surface area contributed by atoms with Gasteiger partial charge in [0.1, 0.15) is 0 Å². The molecule has 0 radical (unpaired) electrons. The summed E-state index contributed by atoms with van der Waals surface area (Å²) >= 11 is 0. The van der Waals surface area contributed by atoms with Gasteiger partial charge in [-0.1, -0.05) is 0 Å². The summed E-state index contributed by atoms with van der Waals surface area (Å²) in [6.45, 7) is 2.63. The molecule has 2 aromatic rings. The lowest BCUT2D eigenvalue weighted by Gasteiger charge is -2.14. The zero-order valence-electron chi connectivity index (χ0n) is 11.7. The number of hydrogen-bond acceptors (Lipinski definition) is 7. The molecule has 0 saturated heterocycles. The molecule has 0 spiro atoms. The van der Waals surface area contributed by atoms with Gasteiger partial charge >= 0.3 is 0 Å². The Bertz CT molecular complexity index is 549. The van der Waals surface area contributed by atoms with E-state index in [0.717, 1.165) is 0 Å². The highest BCUT2D eigenvalue weighted by Gasteiger charge is 2.09. The molecule has 1 atom stereocenters. The van der Waals surface area contributed by atoms with Crippen LogP contribution >= 0.6 is 0 Å². The summed E-state index contributed by atoms with van der Waals surface area (Å²) in [6, 6.07) is 1.68. The third kappa shape index (κ3) is 3.50. The van der Waals surface area contributed by atoms with Gasteiger partial charge in [-0.3, -0.25) is 4.68 Å². The minimum atomic E-state index is 0.0612.